The lowest BCUT2D eigenvalue weighted by Gasteiger charge is -2.17. The first-order chi connectivity index (χ1) is 12.7. The number of anilines is 1. The first kappa shape index (κ1) is 19.1. The minimum absolute atomic E-state index is 0.0696. The van der Waals surface area contributed by atoms with Crippen LogP contribution in [-0.2, 0) is 22.8 Å². The van der Waals surface area contributed by atoms with Crippen LogP contribution in [0.4, 0.5) is 5.95 Å². The average molecular weight is 434 g/mol. The minimum Gasteiger partial charge on any atom is -0.443 e. The number of imidazole rings is 1. The number of hydrogen-bond acceptors (Lipinski definition) is 6. The van der Waals surface area contributed by atoms with Crippen LogP contribution in [0.2, 0.25) is 0 Å². The summed E-state index contributed by atoms with van der Waals surface area (Å²) in [6.07, 6.45) is 0. The molecule has 1 aromatic carbocycles. The molecule has 0 aliphatic heterocycles. The third-order valence-electron chi connectivity index (χ3n) is 3.97. The summed E-state index contributed by atoms with van der Waals surface area (Å²) < 4.78 is 8.50. The molecule has 0 atom stereocenters. The highest BCUT2D eigenvalue weighted by Crippen LogP contribution is 2.20. The predicted octanol–water partition coefficient (Wildman–Crippen LogP) is 2.53. The van der Waals surface area contributed by atoms with Crippen molar-refractivity contribution < 1.29 is 9.53 Å². The van der Waals surface area contributed by atoms with Crippen molar-refractivity contribution in [1.82, 2.24) is 19.1 Å². The maximum atomic E-state index is 13.1. The van der Waals surface area contributed by atoms with Gasteiger partial charge in [0.05, 0.1) is 12.0 Å². The molecule has 2 aromatic heterocycles. The van der Waals surface area contributed by atoms with Crippen LogP contribution in [0.5, 0.6) is 0 Å². The van der Waals surface area contributed by atoms with Crippen molar-refractivity contribution in [2.24, 2.45) is 5.41 Å². The van der Waals surface area contributed by atoms with E-state index in [4.69, 9.17) is 10.5 Å². The number of nitrogens with zero attached hydrogens (tertiary/aromatic N) is 4. The third-order valence-corrected chi connectivity index (χ3v) is 4.57. The zero-order chi connectivity index (χ0) is 19.8. The predicted molar refractivity (Wildman–Crippen MR) is 105 cm³/mol. The Morgan fingerprint density at radius 3 is 2.48 bits per heavy atom. The number of rotatable bonds is 4. The second-order valence-corrected chi connectivity index (χ2v) is 7.85. The normalized spacial score (nSPS) is 11.7. The topological polar surface area (TPSA) is 105 Å². The highest BCUT2D eigenvalue weighted by atomic mass is 79.9. The van der Waals surface area contributed by atoms with E-state index in [9.17, 15) is 9.59 Å². The minimum atomic E-state index is -0.654. The van der Waals surface area contributed by atoms with Gasteiger partial charge in [0.25, 0.3) is 5.56 Å². The van der Waals surface area contributed by atoms with E-state index in [-0.39, 0.29) is 41.9 Å². The molecule has 0 saturated carbocycles. The highest BCUT2D eigenvalue weighted by molar-refractivity contribution is 9.10. The fraction of sp³-hybridized carbons (Fsp3) is 0.333. The Morgan fingerprint density at radius 1 is 1.19 bits per heavy atom. The van der Waals surface area contributed by atoms with E-state index in [1.807, 2.05) is 30.3 Å². The number of esters is 1. The van der Waals surface area contributed by atoms with Gasteiger partial charge < -0.3 is 10.5 Å². The summed E-state index contributed by atoms with van der Waals surface area (Å²) in [4.78, 5) is 33.5. The Balaban J connectivity index is 2.03. The van der Waals surface area contributed by atoms with Gasteiger partial charge in [-0.1, -0.05) is 30.3 Å². The molecule has 8 nitrogen and oxygen atoms in total. The van der Waals surface area contributed by atoms with E-state index in [1.165, 1.54) is 9.13 Å². The molecule has 0 amide bonds. The number of halogens is 1. The molecular formula is C18H20BrN5O3. The van der Waals surface area contributed by atoms with E-state index in [0.29, 0.717) is 4.73 Å². The summed E-state index contributed by atoms with van der Waals surface area (Å²) in [7, 11) is 0. The van der Waals surface area contributed by atoms with Gasteiger partial charge in [0, 0.05) is 0 Å². The first-order valence-corrected chi connectivity index (χ1v) is 9.11. The van der Waals surface area contributed by atoms with Crippen LogP contribution in [0.25, 0.3) is 11.2 Å². The molecule has 3 rings (SSSR count). The smallest absolute Gasteiger partial charge is 0.312 e. The molecule has 0 unspecified atom stereocenters. The van der Waals surface area contributed by atoms with Crippen molar-refractivity contribution in [2.45, 2.75) is 34.0 Å². The summed E-state index contributed by atoms with van der Waals surface area (Å²) in [5, 5.41) is 0. The maximum absolute atomic E-state index is 13.1. The molecule has 0 bridgehead atoms. The maximum Gasteiger partial charge on any atom is 0.312 e. The molecule has 2 heterocycles. The molecule has 0 aliphatic rings. The number of fused-ring (bicyclic) bond motifs is 1. The van der Waals surface area contributed by atoms with Gasteiger partial charge in [-0.2, -0.15) is 4.98 Å². The molecule has 0 saturated heterocycles. The Bertz CT molecular complexity index is 1050. The number of carbonyl (C=O) groups excluding carboxylic acids is 1. The number of carbonyl (C=O) groups is 1. The summed E-state index contributed by atoms with van der Waals surface area (Å²) in [5.74, 6) is -0.315. The van der Waals surface area contributed by atoms with Crippen molar-refractivity contribution in [3.05, 3.63) is 51.0 Å². The quantitative estimate of drug-likeness (QED) is 0.500. The van der Waals surface area contributed by atoms with Gasteiger partial charge >= 0.3 is 5.97 Å². The number of ether oxygens (including phenoxy) is 1. The van der Waals surface area contributed by atoms with Crippen LogP contribution in [0.3, 0.4) is 0 Å². The van der Waals surface area contributed by atoms with Crippen LogP contribution in [0, 0.1) is 5.41 Å². The van der Waals surface area contributed by atoms with Crippen molar-refractivity contribution in [1.29, 1.82) is 0 Å². The molecule has 0 aliphatic carbocycles. The molecule has 0 radical (unpaired) electrons. The van der Waals surface area contributed by atoms with Gasteiger partial charge in [-0.15, -0.1) is 0 Å². The molecule has 27 heavy (non-hydrogen) atoms. The van der Waals surface area contributed by atoms with Crippen molar-refractivity contribution >= 4 is 39.0 Å². The van der Waals surface area contributed by atoms with E-state index in [0.717, 1.165) is 5.56 Å². The van der Waals surface area contributed by atoms with E-state index in [2.05, 4.69) is 25.9 Å². The van der Waals surface area contributed by atoms with E-state index in [1.54, 1.807) is 20.8 Å². The monoisotopic (exact) mass is 433 g/mol. The second kappa shape index (κ2) is 7.15. The molecule has 0 fully saturated rings. The van der Waals surface area contributed by atoms with Gasteiger partial charge in [-0.05, 0) is 42.3 Å². The summed E-state index contributed by atoms with van der Waals surface area (Å²) >= 11 is 3.29. The fourth-order valence-corrected chi connectivity index (χ4v) is 2.93. The highest BCUT2D eigenvalue weighted by Gasteiger charge is 2.24. The van der Waals surface area contributed by atoms with Crippen LogP contribution in [-0.4, -0.2) is 25.1 Å². The number of aromatic nitrogens is 4. The molecule has 9 heteroatoms. The standard InChI is InChI=1S/C18H20BrN5O3/c1-18(2,3)15(26)27-10-24-12-13(21-16(24)19)22-17(20)23(14(12)25)9-11-7-5-4-6-8-11/h4-8H,9-10H2,1-3H3,(H2,20,22). The van der Waals surface area contributed by atoms with Gasteiger partial charge in [-0.25, -0.2) is 4.98 Å². The zero-order valence-electron chi connectivity index (χ0n) is 15.3. The van der Waals surface area contributed by atoms with Crippen LogP contribution >= 0.6 is 15.9 Å². The van der Waals surface area contributed by atoms with Crippen LogP contribution in [0.15, 0.2) is 39.9 Å². The third kappa shape index (κ3) is 3.87. The van der Waals surface area contributed by atoms with Gasteiger partial charge in [0.1, 0.15) is 0 Å². The number of nitrogens with two attached hydrogens (primary N) is 1. The lowest BCUT2D eigenvalue weighted by atomic mass is 9.98. The molecular weight excluding hydrogens is 414 g/mol. The Morgan fingerprint density at radius 2 is 1.85 bits per heavy atom. The first-order valence-electron chi connectivity index (χ1n) is 8.31. The van der Waals surface area contributed by atoms with E-state index < -0.39 is 5.41 Å². The SMILES string of the molecule is CC(C)(C)C(=O)OCn1c(Br)nc2nc(N)n(Cc3ccccc3)c(=O)c21. The van der Waals surface area contributed by atoms with Crippen LogP contribution < -0.4 is 11.3 Å². The van der Waals surface area contributed by atoms with Gasteiger partial charge in [-0.3, -0.25) is 18.7 Å². The lowest BCUT2D eigenvalue weighted by molar-refractivity contribution is -0.156. The average Bonchev–Trinajstić information content (AvgIpc) is 2.91. The number of hydrogen-bond donors (Lipinski definition) is 1. The molecule has 3 aromatic rings. The van der Waals surface area contributed by atoms with Crippen molar-refractivity contribution in [2.75, 3.05) is 5.73 Å². The molecule has 0 spiro atoms. The largest absolute Gasteiger partial charge is 0.443 e. The summed E-state index contributed by atoms with van der Waals surface area (Å²) in [6.45, 7) is 5.39. The van der Waals surface area contributed by atoms with Gasteiger partial charge in [0.15, 0.2) is 22.6 Å². The lowest BCUT2D eigenvalue weighted by Crippen LogP contribution is -2.28. The summed E-state index contributed by atoms with van der Waals surface area (Å²) in [6, 6.07) is 9.46. The fourth-order valence-electron chi connectivity index (χ4n) is 2.48. The molecule has 142 valence electrons. The van der Waals surface area contributed by atoms with Crippen molar-refractivity contribution in [3.8, 4) is 0 Å². The van der Waals surface area contributed by atoms with E-state index >= 15 is 0 Å². The Kier molecular flexibility index (Phi) is 5.05. The zero-order valence-corrected chi connectivity index (χ0v) is 16.9. The Hall–Kier alpha value is -2.68. The van der Waals surface area contributed by atoms with Crippen molar-refractivity contribution in [3.63, 3.8) is 0 Å². The molecule has 2 N–H and O–H groups in total. The Labute approximate surface area is 164 Å². The summed E-state index contributed by atoms with van der Waals surface area (Å²) in [5.41, 5.74) is 6.29. The van der Waals surface area contributed by atoms with Gasteiger partial charge in [0.2, 0.25) is 5.95 Å². The van der Waals surface area contributed by atoms with Crippen LogP contribution in [0.1, 0.15) is 26.3 Å². The second-order valence-electron chi connectivity index (χ2n) is 7.14. The number of nitrogen functional groups attached to an aromatic ring is 1. The number of benzene rings is 1.